The van der Waals surface area contributed by atoms with E-state index in [1.54, 1.807) is 0 Å². The van der Waals surface area contributed by atoms with Crippen molar-refractivity contribution in [3.05, 3.63) is 24.0 Å². The summed E-state index contributed by atoms with van der Waals surface area (Å²) in [6, 6.07) is 2.21. The van der Waals surface area contributed by atoms with E-state index in [9.17, 15) is 0 Å². The second kappa shape index (κ2) is 4.22. The van der Waals surface area contributed by atoms with Crippen LogP contribution in [0.15, 0.2) is 18.5 Å². The molecule has 16 heavy (non-hydrogen) atoms. The molecule has 0 bridgehead atoms. The van der Waals surface area contributed by atoms with Crippen LogP contribution in [-0.4, -0.2) is 31.3 Å². The van der Waals surface area contributed by atoms with Crippen LogP contribution < -0.4 is 5.32 Å². The first-order valence-electron chi connectivity index (χ1n) is 6.31. The third kappa shape index (κ3) is 1.78. The molecular weight excluding hydrogens is 200 g/mol. The van der Waals surface area contributed by atoms with Gasteiger partial charge in [-0.1, -0.05) is 0 Å². The Morgan fingerprint density at radius 2 is 2.12 bits per heavy atom. The van der Waals surface area contributed by atoms with Crippen molar-refractivity contribution in [1.29, 1.82) is 0 Å². The molecule has 1 aromatic heterocycles. The minimum atomic E-state index is 0.321. The molecule has 0 radical (unpaired) electrons. The Labute approximate surface area is 96.6 Å². The molecule has 2 saturated heterocycles. The van der Waals surface area contributed by atoms with Crippen LogP contribution >= 0.6 is 0 Å². The maximum absolute atomic E-state index is 5.47. The van der Waals surface area contributed by atoms with Crippen molar-refractivity contribution < 1.29 is 4.74 Å². The minimum Gasteiger partial charge on any atom is -0.379 e. The molecule has 3 rings (SSSR count). The highest BCUT2D eigenvalue weighted by molar-refractivity contribution is 5.25. The molecule has 3 nitrogen and oxygen atoms in total. The summed E-state index contributed by atoms with van der Waals surface area (Å²) < 4.78 is 5.47. The van der Waals surface area contributed by atoms with Gasteiger partial charge in [-0.15, -0.1) is 0 Å². The summed E-state index contributed by atoms with van der Waals surface area (Å²) in [4.78, 5) is 3.17. The molecule has 2 aliphatic heterocycles. The molecule has 0 unspecified atom stereocenters. The van der Waals surface area contributed by atoms with Gasteiger partial charge < -0.3 is 15.0 Å². The molecule has 88 valence electrons. The fourth-order valence-corrected chi connectivity index (χ4v) is 3.04. The largest absolute Gasteiger partial charge is 0.379 e. The quantitative estimate of drug-likeness (QED) is 0.813. The second-order valence-corrected chi connectivity index (χ2v) is 5.27. The highest BCUT2D eigenvalue weighted by atomic mass is 16.5. The number of hydrogen-bond donors (Lipinski definition) is 2. The summed E-state index contributed by atoms with van der Waals surface area (Å²) in [6.45, 7) is 4.20. The Kier molecular flexibility index (Phi) is 2.74. The molecular formula is C13H20N2O. The standard InChI is InChI=1S/C13H20N2O/c1-4-14-5-2-11(1)7-13(9-16-10-13)12-3-6-15-8-12/h3,6,8,11,14-15H,1-2,4-5,7,9-10H2. The van der Waals surface area contributed by atoms with Gasteiger partial charge in [0.15, 0.2) is 0 Å². The Morgan fingerprint density at radius 1 is 1.31 bits per heavy atom. The van der Waals surface area contributed by atoms with Gasteiger partial charge >= 0.3 is 0 Å². The van der Waals surface area contributed by atoms with E-state index >= 15 is 0 Å². The van der Waals surface area contributed by atoms with E-state index < -0.39 is 0 Å². The molecule has 0 aromatic carbocycles. The van der Waals surface area contributed by atoms with E-state index in [1.807, 2.05) is 6.20 Å². The van der Waals surface area contributed by atoms with E-state index in [1.165, 1.54) is 37.9 Å². The zero-order valence-corrected chi connectivity index (χ0v) is 9.67. The lowest BCUT2D eigenvalue weighted by Gasteiger charge is -2.44. The number of H-pyrrole nitrogens is 1. The van der Waals surface area contributed by atoms with Gasteiger partial charge in [-0.2, -0.15) is 0 Å². The average Bonchev–Trinajstić information content (AvgIpc) is 2.78. The van der Waals surface area contributed by atoms with Crippen LogP contribution in [-0.2, 0) is 10.2 Å². The fraction of sp³-hybridized carbons (Fsp3) is 0.692. The molecule has 2 N–H and O–H groups in total. The van der Waals surface area contributed by atoms with Crippen LogP contribution in [0.1, 0.15) is 24.8 Å². The van der Waals surface area contributed by atoms with Gasteiger partial charge in [0, 0.05) is 17.8 Å². The maximum Gasteiger partial charge on any atom is 0.0586 e. The summed E-state index contributed by atoms with van der Waals surface area (Å²) >= 11 is 0. The third-order valence-electron chi connectivity index (χ3n) is 4.11. The van der Waals surface area contributed by atoms with Crippen LogP contribution in [0.2, 0.25) is 0 Å². The normalized spacial score (nSPS) is 25.2. The smallest absolute Gasteiger partial charge is 0.0586 e. The van der Waals surface area contributed by atoms with Gasteiger partial charge in [0.05, 0.1) is 13.2 Å². The van der Waals surface area contributed by atoms with Crippen molar-refractivity contribution in [2.75, 3.05) is 26.3 Å². The highest BCUT2D eigenvalue weighted by Gasteiger charge is 2.42. The lowest BCUT2D eigenvalue weighted by Crippen LogP contribution is -2.48. The van der Waals surface area contributed by atoms with Crippen LogP contribution in [0.25, 0.3) is 0 Å². The molecule has 0 saturated carbocycles. The first-order valence-corrected chi connectivity index (χ1v) is 6.31. The van der Waals surface area contributed by atoms with E-state index in [0.717, 1.165) is 19.1 Å². The SMILES string of the molecule is c1cc(C2(CC3CCNCC3)COC2)c[nH]1. The molecule has 3 heteroatoms. The monoisotopic (exact) mass is 220 g/mol. The number of rotatable bonds is 3. The first-order chi connectivity index (χ1) is 7.89. The van der Waals surface area contributed by atoms with Crippen LogP contribution in [0.5, 0.6) is 0 Å². The topological polar surface area (TPSA) is 37.0 Å². The lowest BCUT2D eigenvalue weighted by molar-refractivity contribution is -0.0730. The zero-order valence-electron chi connectivity index (χ0n) is 9.67. The average molecular weight is 220 g/mol. The highest BCUT2D eigenvalue weighted by Crippen LogP contribution is 2.40. The summed E-state index contributed by atoms with van der Waals surface area (Å²) in [7, 11) is 0. The van der Waals surface area contributed by atoms with Crippen LogP contribution in [0, 0.1) is 5.92 Å². The van der Waals surface area contributed by atoms with Gasteiger partial charge in [0.25, 0.3) is 0 Å². The predicted molar refractivity (Wildman–Crippen MR) is 63.5 cm³/mol. The van der Waals surface area contributed by atoms with Gasteiger partial charge in [0.1, 0.15) is 0 Å². The van der Waals surface area contributed by atoms with Crippen molar-refractivity contribution in [1.82, 2.24) is 10.3 Å². The molecule has 0 atom stereocenters. The van der Waals surface area contributed by atoms with Gasteiger partial charge in [0.2, 0.25) is 0 Å². The zero-order chi connectivity index (χ0) is 10.8. The first kappa shape index (κ1) is 10.4. The van der Waals surface area contributed by atoms with Crippen LogP contribution in [0.4, 0.5) is 0 Å². The Morgan fingerprint density at radius 3 is 2.69 bits per heavy atom. The predicted octanol–water partition coefficient (Wildman–Crippen LogP) is 1.67. The molecule has 1 aromatic rings. The number of aromatic nitrogens is 1. The van der Waals surface area contributed by atoms with Crippen molar-refractivity contribution in [3.63, 3.8) is 0 Å². The lowest BCUT2D eigenvalue weighted by atomic mass is 9.71. The fourth-order valence-electron chi connectivity index (χ4n) is 3.04. The van der Waals surface area contributed by atoms with E-state index in [2.05, 4.69) is 22.6 Å². The minimum absolute atomic E-state index is 0.321. The number of aromatic amines is 1. The second-order valence-electron chi connectivity index (χ2n) is 5.27. The molecule has 2 aliphatic rings. The summed E-state index contributed by atoms with van der Waals surface area (Å²) in [5.74, 6) is 0.875. The van der Waals surface area contributed by atoms with Gasteiger partial charge in [-0.05, 0) is 49.9 Å². The molecule has 0 spiro atoms. The van der Waals surface area contributed by atoms with Gasteiger partial charge in [-0.3, -0.25) is 0 Å². The summed E-state index contributed by atoms with van der Waals surface area (Å²) in [6.07, 6.45) is 8.12. The summed E-state index contributed by atoms with van der Waals surface area (Å²) in [5, 5.41) is 3.43. The molecule has 2 fully saturated rings. The Bertz CT molecular complexity index is 324. The maximum atomic E-state index is 5.47. The number of ether oxygens (including phenoxy) is 1. The third-order valence-corrected chi connectivity index (χ3v) is 4.11. The summed E-state index contributed by atoms with van der Waals surface area (Å²) in [5.41, 5.74) is 1.76. The molecule has 0 aliphatic carbocycles. The van der Waals surface area contributed by atoms with Crippen molar-refractivity contribution >= 4 is 0 Å². The van der Waals surface area contributed by atoms with E-state index in [0.29, 0.717) is 5.41 Å². The van der Waals surface area contributed by atoms with Crippen molar-refractivity contribution in [2.45, 2.75) is 24.7 Å². The molecule has 3 heterocycles. The van der Waals surface area contributed by atoms with E-state index in [-0.39, 0.29) is 0 Å². The van der Waals surface area contributed by atoms with Crippen molar-refractivity contribution in [3.8, 4) is 0 Å². The number of piperidine rings is 1. The molecule has 0 amide bonds. The van der Waals surface area contributed by atoms with E-state index in [4.69, 9.17) is 4.74 Å². The van der Waals surface area contributed by atoms with Crippen molar-refractivity contribution in [2.24, 2.45) is 5.92 Å². The van der Waals surface area contributed by atoms with Gasteiger partial charge in [-0.25, -0.2) is 0 Å². The number of hydrogen-bond acceptors (Lipinski definition) is 2. The Hall–Kier alpha value is -0.800. The Balaban J connectivity index is 1.70. The van der Waals surface area contributed by atoms with Crippen LogP contribution in [0.3, 0.4) is 0 Å². The number of nitrogens with one attached hydrogen (secondary N) is 2.